The Balaban J connectivity index is 2.54. The Hall–Kier alpha value is -1.30. The molecule has 0 aliphatic carbocycles. The fourth-order valence-corrected chi connectivity index (χ4v) is 2.37. The minimum atomic E-state index is -0.722. The van der Waals surface area contributed by atoms with Crippen molar-refractivity contribution in [2.24, 2.45) is 5.16 Å². The molecule has 0 N–H and O–H groups in total. The molecule has 1 fully saturated rings. The summed E-state index contributed by atoms with van der Waals surface area (Å²) in [4.78, 5) is 19.3. The number of nitrogens with zero attached hydrogens (tertiary/aromatic N) is 2. The van der Waals surface area contributed by atoms with Gasteiger partial charge in [0, 0.05) is 0 Å². The second-order valence-electron chi connectivity index (χ2n) is 7.32. The third-order valence-electron chi connectivity index (χ3n) is 3.51. The quantitative estimate of drug-likeness (QED) is 0.403. The molecule has 0 spiro atoms. The number of ether oxygens (including phenoxy) is 2. The standard InChI is InChI=1S/C17H32N2O4/c1-7-8-9-10-11-22-18-12-14-13-21-17(5,6)19(14)15(20)23-16(2,3)4/h12,14H,7-11,13H2,1-6H3/b18-12+. The lowest BCUT2D eigenvalue weighted by molar-refractivity contribution is -0.0604. The van der Waals surface area contributed by atoms with E-state index in [9.17, 15) is 4.79 Å². The Bertz CT molecular complexity index is 402. The highest BCUT2D eigenvalue weighted by Gasteiger charge is 2.45. The van der Waals surface area contributed by atoms with Crippen molar-refractivity contribution in [3.05, 3.63) is 0 Å². The fraction of sp³-hybridized carbons (Fsp3) is 0.882. The predicted octanol–water partition coefficient (Wildman–Crippen LogP) is 3.94. The van der Waals surface area contributed by atoms with Crippen LogP contribution in [0.4, 0.5) is 4.79 Å². The van der Waals surface area contributed by atoms with Crippen LogP contribution in [0, 0.1) is 0 Å². The van der Waals surface area contributed by atoms with Crippen molar-refractivity contribution in [3.63, 3.8) is 0 Å². The van der Waals surface area contributed by atoms with Crippen LogP contribution >= 0.6 is 0 Å². The van der Waals surface area contributed by atoms with E-state index in [0.717, 1.165) is 12.8 Å². The van der Waals surface area contributed by atoms with Gasteiger partial charge in [0.05, 0.1) is 12.8 Å². The Morgan fingerprint density at radius 2 is 2.04 bits per heavy atom. The number of oxime groups is 1. The first-order valence-corrected chi connectivity index (χ1v) is 8.49. The zero-order chi connectivity index (χ0) is 17.5. The zero-order valence-electron chi connectivity index (χ0n) is 15.4. The van der Waals surface area contributed by atoms with Crippen LogP contribution in [0.1, 0.15) is 67.2 Å². The number of carbonyl (C=O) groups excluding carboxylic acids is 1. The number of carbonyl (C=O) groups is 1. The second-order valence-corrected chi connectivity index (χ2v) is 7.32. The van der Waals surface area contributed by atoms with Gasteiger partial charge >= 0.3 is 6.09 Å². The Labute approximate surface area is 140 Å². The summed E-state index contributed by atoms with van der Waals surface area (Å²) in [5.74, 6) is 0. The molecule has 6 heteroatoms. The molecule has 1 amide bonds. The third-order valence-corrected chi connectivity index (χ3v) is 3.51. The maximum atomic E-state index is 12.4. The van der Waals surface area contributed by atoms with Crippen LogP contribution in [0.15, 0.2) is 5.16 Å². The summed E-state index contributed by atoms with van der Waals surface area (Å²) >= 11 is 0. The van der Waals surface area contributed by atoms with Crippen LogP contribution in [0.5, 0.6) is 0 Å². The van der Waals surface area contributed by atoms with Gasteiger partial charge in [0.1, 0.15) is 24.0 Å². The van der Waals surface area contributed by atoms with Crippen molar-refractivity contribution < 1.29 is 19.1 Å². The Morgan fingerprint density at radius 3 is 2.65 bits per heavy atom. The number of unbranched alkanes of at least 4 members (excludes halogenated alkanes) is 3. The van der Waals surface area contributed by atoms with Crippen molar-refractivity contribution in [2.45, 2.75) is 84.6 Å². The fourth-order valence-electron chi connectivity index (χ4n) is 2.37. The average molecular weight is 328 g/mol. The smallest absolute Gasteiger partial charge is 0.413 e. The van der Waals surface area contributed by atoms with Crippen molar-refractivity contribution in [2.75, 3.05) is 13.2 Å². The number of rotatable bonds is 7. The van der Waals surface area contributed by atoms with Gasteiger partial charge in [-0.05, 0) is 47.5 Å². The van der Waals surface area contributed by atoms with E-state index in [1.54, 1.807) is 11.1 Å². The van der Waals surface area contributed by atoms with Gasteiger partial charge in [0.2, 0.25) is 0 Å². The van der Waals surface area contributed by atoms with Gasteiger partial charge in [-0.25, -0.2) is 4.79 Å². The lowest BCUT2D eigenvalue weighted by Gasteiger charge is -2.33. The van der Waals surface area contributed by atoms with Gasteiger partial charge in [0.15, 0.2) is 0 Å². The van der Waals surface area contributed by atoms with Crippen LogP contribution < -0.4 is 0 Å². The lowest BCUT2D eigenvalue weighted by Crippen LogP contribution is -2.50. The van der Waals surface area contributed by atoms with Crippen molar-refractivity contribution in [3.8, 4) is 0 Å². The maximum absolute atomic E-state index is 12.4. The summed E-state index contributed by atoms with van der Waals surface area (Å²) < 4.78 is 11.2. The van der Waals surface area contributed by atoms with Gasteiger partial charge in [-0.3, -0.25) is 4.90 Å². The molecule has 0 radical (unpaired) electrons. The van der Waals surface area contributed by atoms with E-state index in [2.05, 4.69) is 12.1 Å². The van der Waals surface area contributed by atoms with Crippen molar-refractivity contribution >= 4 is 12.3 Å². The van der Waals surface area contributed by atoms with Crippen LogP contribution in [-0.4, -0.2) is 47.8 Å². The Morgan fingerprint density at radius 1 is 1.35 bits per heavy atom. The summed E-state index contributed by atoms with van der Waals surface area (Å²) in [5.41, 5.74) is -1.27. The highest BCUT2D eigenvalue weighted by atomic mass is 16.6. The van der Waals surface area contributed by atoms with Gasteiger partial charge in [-0.2, -0.15) is 0 Å². The number of amides is 1. The molecule has 0 saturated carbocycles. The van der Waals surface area contributed by atoms with E-state index in [-0.39, 0.29) is 6.04 Å². The molecule has 0 aromatic rings. The van der Waals surface area contributed by atoms with E-state index in [1.807, 2.05) is 34.6 Å². The van der Waals surface area contributed by atoms with Crippen LogP contribution in [0.3, 0.4) is 0 Å². The minimum Gasteiger partial charge on any atom is -0.444 e. The normalized spacial score (nSPS) is 21.0. The highest BCUT2D eigenvalue weighted by Crippen LogP contribution is 2.28. The van der Waals surface area contributed by atoms with E-state index in [4.69, 9.17) is 14.3 Å². The van der Waals surface area contributed by atoms with Crippen molar-refractivity contribution in [1.29, 1.82) is 0 Å². The summed E-state index contributed by atoms with van der Waals surface area (Å²) in [6.07, 6.45) is 5.77. The molecule has 23 heavy (non-hydrogen) atoms. The van der Waals surface area contributed by atoms with E-state index < -0.39 is 17.4 Å². The van der Waals surface area contributed by atoms with E-state index in [1.165, 1.54) is 12.8 Å². The van der Waals surface area contributed by atoms with Crippen LogP contribution in [-0.2, 0) is 14.3 Å². The molecule has 0 aromatic carbocycles. The molecule has 1 heterocycles. The molecule has 6 nitrogen and oxygen atoms in total. The molecule has 0 bridgehead atoms. The summed E-state index contributed by atoms with van der Waals surface area (Å²) in [7, 11) is 0. The number of hydrogen-bond donors (Lipinski definition) is 0. The second kappa shape index (κ2) is 8.52. The molecule has 1 rings (SSSR count). The summed E-state index contributed by atoms with van der Waals surface area (Å²) in [6, 6.07) is -0.282. The summed E-state index contributed by atoms with van der Waals surface area (Å²) in [6.45, 7) is 12.4. The SMILES string of the molecule is CCCCCCO/N=C/C1COC(C)(C)N1C(=O)OC(C)(C)C. The first-order chi connectivity index (χ1) is 10.7. The average Bonchev–Trinajstić information content (AvgIpc) is 2.71. The zero-order valence-corrected chi connectivity index (χ0v) is 15.4. The monoisotopic (exact) mass is 328 g/mol. The first kappa shape index (κ1) is 19.7. The highest BCUT2D eigenvalue weighted by molar-refractivity contribution is 5.77. The predicted molar refractivity (Wildman–Crippen MR) is 90.5 cm³/mol. The molecule has 1 aliphatic rings. The largest absolute Gasteiger partial charge is 0.444 e. The van der Waals surface area contributed by atoms with E-state index >= 15 is 0 Å². The topological polar surface area (TPSA) is 60.4 Å². The van der Waals surface area contributed by atoms with Gasteiger partial charge in [-0.1, -0.05) is 24.9 Å². The lowest BCUT2D eigenvalue weighted by atomic mass is 10.2. The summed E-state index contributed by atoms with van der Waals surface area (Å²) in [5, 5.41) is 3.99. The van der Waals surface area contributed by atoms with E-state index in [0.29, 0.717) is 13.2 Å². The van der Waals surface area contributed by atoms with Gasteiger partial charge in [-0.15, -0.1) is 0 Å². The van der Waals surface area contributed by atoms with Gasteiger partial charge < -0.3 is 14.3 Å². The molecule has 1 unspecified atom stereocenters. The molecule has 1 aliphatic heterocycles. The molecular formula is C17H32N2O4. The molecular weight excluding hydrogens is 296 g/mol. The molecule has 1 saturated heterocycles. The first-order valence-electron chi connectivity index (χ1n) is 8.49. The van der Waals surface area contributed by atoms with Crippen molar-refractivity contribution in [1.82, 2.24) is 4.90 Å². The Kier molecular flexibility index (Phi) is 7.32. The molecule has 134 valence electrons. The van der Waals surface area contributed by atoms with Gasteiger partial charge in [0.25, 0.3) is 0 Å². The third kappa shape index (κ3) is 6.77. The molecule has 0 aromatic heterocycles. The minimum absolute atomic E-state index is 0.282. The van der Waals surface area contributed by atoms with Crippen LogP contribution in [0.25, 0.3) is 0 Å². The maximum Gasteiger partial charge on any atom is 0.413 e. The molecule has 1 atom stereocenters. The van der Waals surface area contributed by atoms with Crippen LogP contribution in [0.2, 0.25) is 0 Å². The number of hydrogen-bond acceptors (Lipinski definition) is 5.